The van der Waals surface area contributed by atoms with Gasteiger partial charge in [0.05, 0.1) is 26.6 Å². The third-order valence-corrected chi connectivity index (χ3v) is 5.27. The van der Waals surface area contributed by atoms with E-state index in [-0.39, 0.29) is 31.3 Å². The highest BCUT2D eigenvalue weighted by Crippen LogP contribution is 2.36. The van der Waals surface area contributed by atoms with Crippen molar-refractivity contribution in [3.63, 3.8) is 0 Å². The Bertz CT molecular complexity index is 774. The average molecular weight is 399 g/mol. The standard InChI is InChI=1S/C18H25NO7S/c1-23-15-6-5-13(10-16(15)26-18-4-3-8-24-18)14-11-17(20)19(12-14)7-9-25-27(2,21)22/h5-6,10,14,18H,3-4,7-9,11-12H2,1-2H3/t14-,18?/m1/s1. The van der Waals surface area contributed by atoms with Crippen LogP contribution in [0.5, 0.6) is 11.5 Å². The molecular weight excluding hydrogens is 374 g/mol. The van der Waals surface area contributed by atoms with E-state index in [9.17, 15) is 13.2 Å². The Kier molecular flexibility index (Phi) is 6.23. The summed E-state index contributed by atoms with van der Waals surface area (Å²) in [6.07, 6.45) is 2.89. The number of rotatable bonds is 8. The zero-order valence-corrected chi connectivity index (χ0v) is 16.4. The number of hydrogen-bond donors (Lipinski definition) is 0. The van der Waals surface area contributed by atoms with Gasteiger partial charge in [-0.2, -0.15) is 8.42 Å². The highest BCUT2D eigenvalue weighted by molar-refractivity contribution is 7.85. The van der Waals surface area contributed by atoms with Crippen LogP contribution < -0.4 is 9.47 Å². The second-order valence-electron chi connectivity index (χ2n) is 6.74. The number of carbonyl (C=O) groups is 1. The van der Waals surface area contributed by atoms with Crippen LogP contribution in [0.2, 0.25) is 0 Å². The number of hydrogen-bond acceptors (Lipinski definition) is 7. The minimum absolute atomic E-state index is 0.00786. The molecule has 150 valence electrons. The van der Waals surface area contributed by atoms with Gasteiger partial charge in [-0.1, -0.05) is 6.07 Å². The molecule has 0 spiro atoms. The Balaban J connectivity index is 1.66. The maximum absolute atomic E-state index is 12.2. The van der Waals surface area contributed by atoms with Crippen LogP contribution in [0.4, 0.5) is 0 Å². The molecule has 2 fully saturated rings. The maximum atomic E-state index is 12.2. The SMILES string of the molecule is COc1ccc([C@@H]2CC(=O)N(CCOS(C)(=O)=O)C2)cc1OC1CCCO1. The highest BCUT2D eigenvalue weighted by Gasteiger charge is 2.31. The largest absolute Gasteiger partial charge is 0.493 e. The summed E-state index contributed by atoms with van der Waals surface area (Å²) in [6, 6.07) is 5.66. The second-order valence-corrected chi connectivity index (χ2v) is 8.38. The molecule has 0 bridgehead atoms. The van der Waals surface area contributed by atoms with E-state index in [4.69, 9.17) is 18.4 Å². The zero-order valence-electron chi connectivity index (χ0n) is 15.5. The van der Waals surface area contributed by atoms with E-state index in [0.29, 0.717) is 31.1 Å². The van der Waals surface area contributed by atoms with Crippen molar-refractivity contribution < 1.29 is 31.6 Å². The van der Waals surface area contributed by atoms with Gasteiger partial charge < -0.3 is 19.1 Å². The fourth-order valence-corrected chi connectivity index (χ4v) is 3.71. The summed E-state index contributed by atoms with van der Waals surface area (Å²) in [7, 11) is -1.92. The summed E-state index contributed by atoms with van der Waals surface area (Å²) in [5, 5.41) is 0. The molecule has 2 atom stereocenters. The van der Waals surface area contributed by atoms with E-state index < -0.39 is 10.1 Å². The third-order valence-electron chi connectivity index (χ3n) is 4.68. The second kappa shape index (κ2) is 8.45. The van der Waals surface area contributed by atoms with Crippen LogP contribution in [-0.4, -0.2) is 65.2 Å². The summed E-state index contributed by atoms with van der Waals surface area (Å²) in [4.78, 5) is 13.9. The van der Waals surface area contributed by atoms with E-state index in [0.717, 1.165) is 24.7 Å². The van der Waals surface area contributed by atoms with Crippen molar-refractivity contribution in [1.29, 1.82) is 0 Å². The van der Waals surface area contributed by atoms with Crippen molar-refractivity contribution in [1.82, 2.24) is 4.90 Å². The van der Waals surface area contributed by atoms with Crippen molar-refractivity contribution in [3.05, 3.63) is 23.8 Å². The maximum Gasteiger partial charge on any atom is 0.264 e. The topological polar surface area (TPSA) is 91.4 Å². The van der Waals surface area contributed by atoms with Gasteiger partial charge in [0, 0.05) is 31.8 Å². The quantitative estimate of drug-likeness (QED) is 0.612. The van der Waals surface area contributed by atoms with Crippen LogP contribution in [0.15, 0.2) is 18.2 Å². The number of ether oxygens (including phenoxy) is 3. The molecule has 0 radical (unpaired) electrons. The average Bonchev–Trinajstić information content (AvgIpc) is 3.24. The summed E-state index contributed by atoms with van der Waals surface area (Å²) in [6.45, 7) is 1.41. The minimum Gasteiger partial charge on any atom is -0.493 e. The normalized spacial score (nSPS) is 23.0. The molecule has 2 saturated heterocycles. The molecule has 8 nitrogen and oxygen atoms in total. The minimum atomic E-state index is -3.50. The zero-order chi connectivity index (χ0) is 19.4. The fourth-order valence-electron chi connectivity index (χ4n) is 3.33. The lowest BCUT2D eigenvalue weighted by atomic mass is 9.98. The first kappa shape index (κ1) is 19.9. The molecule has 27 heavy (non-hydrogen) atoms. The molecule has 0 aliphatic carbocycles. The number of nitrogens with zero attached hydrogens (tertiary/aromatic N) is 1. The van der Waals surface area contributed by atoms with Gasteiger partial charge in [-0.25, -0.2) is 0 Å². The smallest absolute Gasteiger partial charge is 0.264 e. The van der Waals surface area contributed by atoms with Gasteiger partial charge in [0.25, 0.3) is 10.1 Å². The van der Waals surface area contributed by atoms with Gasteiger partial charge in [0.2, 0.25) is 5.91 Å². The molecule has 1 unspecified atom stereocenters. The monoisotopic (exact) mass is 399 g/mol. The van der Waals surface area contributed by atoms with E-state index in [1.807, 2.05) is 18.2 Å². The molecule has 2 aliphatic heterocycles. The number of amides is 1. The van der Waals surface area contributed by atoms with Gasteiger partial charge in [0.15, 0.2) is 17.8 Å². The molecule has 2 heterocycles. The van der Waals surface area contributed by atoms with Gasteiger partial charge >= 0.3 is 0 Å². The van der Waals surface area contributed by atoms with Crippen molar-refractivity contribution in [3.8, 4) is 11.5 Å². The molecule has 9 heteroatoms. The van der Waals surface area contributed by atoms with E-state index in [1.54, 1.807) is 12.0 Å². The summed E-state index contributed by atoms with van der Waals surface area (Å²) in [5.41, 5.74) is 0.976. The highest BCUT2D eigenvalue weighted by atomic mass is 32.2. The molecule has 2 aliphatic rings. The van der Waals surface area contributed by atoms with Crippen molar-refractivity contribution in [2.45, 2.75) is 31.5 Å². The van der Waals surface area contributed by atoms with Gasteiger partial charge in [-0.05, 0) is 24.1 Å². The Hall–Kier alpha value is -1.84. The fraction of sp³-hybridized carbons (Fsp3) is 0.611. The summed E-state index contributed by atoms with van der Waals surface area (Å²) >= 11 is 0. The Morgan fingerprint density at radius 1 is 1.30 bits per heavy atom. The van der Waals surface area contributed by atoms with Crippen molar-refractivity contribution >= 4 is 16.0 Å². The predicted molar refractivity (Wildman–Crippen MR) is 97.3 cm³/mol. The Morgan fingerprint density at radius 2 is 2.11 bits per heavy atom. The van der Waals surface area contributed by atoms with Crippen LogP contribution in [0.25, 0.3) is 0 Å². The first-order chi connectivity index (χ1) is 12.9. The Labute approximate surface area is 159 Å². The van der Waals surface area contributed by atoms with E-state index in [1.165, 1.54) is 0 Å². The number of methoxy groups -OCH3 is 1. The van der Waals surface area contributed by atoms with E-state index in [2.05, 4.69) is 0 Å². The number of likely N-dealkylation sites (tertiary alicyclic amines) is 1. The molecule has 1 aromatic carbocycles. The van der Waals surface area contributed by atoms with E-state index >= 15 is 0 Å². The Morgan fingerprint density at radius 3 is 2.78 bits per heavy atom. The van der Waals surface area contributed by atoms with Crippen molar-refractivity contribution in [2.24, 2.45) is 0 Å². The molecule has 3 rings (SSSR count). The summed E-state index contributed by atoms with van der Waals surface area (Å²) < 4.78 is 43.6. The molecule has 0 N–H and O–H groups in total. The molecular formula is C18H25NO7S. The molecule has 0 saturated carbocycles. The molecule has 1 amide bonds. The lowest BCUT2D eigenvalue weighted by Gasteiger charge is -2.19. The third kappa shape index (κ3) is 5.33. The van der Waals surface area contributed by atoms with Crippen LogP contribution in [0.3, 0.4) is 0 Å². The lowest BCUT2D eigenvalue weighted by Crippen LogP contribution is -2.29. The lowest BCUT2D eigenvalue weighted by molar-refractivity contribution is -0.128. The molecule has 0 aromatic heterocycles. The van der Waals surface area contributed by atoms with Crippen LogP contribution >= 0.6 is 0 Å². The van der Waals surface area contributed by atoms with Crippen molar-refractivity contribution in [2.75, 3.05) is 39.7 Å². The van der Waals surface area contributed by atoms with Gasteiger partial charge in [0.1, 0.15) is 0 Å². The first-order valence-corrected chi connectivity index (χ1v) is 10.8. The number of benzene rings is 1. The van der Waals surface area contributed by atoms with Crippen LogP contribution in [0.1, 0.15) is 30.7 Å². The predicted octanol–water partition coefficient (Wildman–Crippen LogP) is 1.50. The van der Waals surface area contributed by atoms with Crippen LogP contribution in [0, 0.1) is 0 Å². The number of carbonyl (C=O) groups excluding carboxylic acids is 1. The summed E-state index contributed by atoms with van der Waals surface area (Å²) in [5.74, 6) is 1.22. The van der Waals surface area contributed by atoms with Gasteiger partial charge in [-0.3, -0.25) is 8.98 Å². The molecule has 1 aromatic rings. The van der Waals surface area contributed by atoms with Crippen LogP contribution in [-0.2, 0) is 23.8 Å². The van der Waals surface area contributed by atoms with Gasteiger partial charge in [-0.15, -0.1) is 0 Å². The first-order valence-electron chi connectivity index (χ1n) is 8.94.